The number of rotatable bonds is 5. The number of hydrogen-bond acceptors (Lipinski definition) is 4. The van der Waals surface area contributed by atoms with E-state index in [4.69, 9.17) is 29.6 Å². The summed E-state index contributed by atoms with van der Waals surface area (Å²) >= 11 is 12.4. The van der Waals surface area contributed by atoms with Gasteiger partial charge in [-0.3, -0.25) is 0 Å². The van der Waals surface area contributed by atoms with Crippen molar-refractivity contribution < 1.29 is 0 Å². The van der Waals surface area contributed by atoms with Crippen LogP contribution in [-0.2, 0) is 6.42 Å². The SMILES string of the molecule is NC(=S)c1cccnc1NCCc1ccc(Cl)s1. The lowest BCUT2D eigenvalue weighted by Gasteiger charge is -2.08. The second-order valence-corrected chi connectivity index (χ2v) is 5.89. The highest BCUT2D eigenvalue weighted by Crippen LogP contribution is 2.21. The zero-order valence-electron chi connectivity index (χ0n) is 9.52. The summed E-state index contributed by atoms with van der Waals surface area (Å²) < 4.78 is 0.812. The van der Waals surface area contributed by atoms with Crippen LogP contribution in [0.3, 0.4) is 0 Å². The van der Waals surface area contributed by atoms with E-state index in [1.807, 2.05) is 24.3 Å². The maximum absolute atomic E-state index is 5.88. The molecule has 2 aromatic rings. The van der Waals surface area contributed by atoms with E-state index in [2.05, 4.69) is 10.3 Å². The van der Waals surface area contributed by atoms with Gasteiger partial charge in [-0.2, -0.15) is 0 Å². The fourth-order valence-electron chi connectivity index (χ4n) is 1.54. The molecule has 94 valence electrons. The Morgan fingerprint density at radius 1 is 1.44 bits per heavy atom. The van der Waals surface area contributed by atoms with Gasteiger partial charge in [-0.1, -0.05) is 23.8 Å². The Labute approximate surface area is 120 Å². The highest BCUT2D eigenvalue weighted by atomic mass is 35.5. The third kappa shape index (κ3) is 3.41. The molecule has 3 nitrogen and oxygen atoms in total. The number of nitrogens with two attached hydrogens (primary N) is 1. The number of nitrogens with zero attached hydrogens (tertiary/aromatic N) is 1. The van der Waals surface area contributed by atoms with Gasteiger partial charge in [0.15, 0.2) is 0 Å². The van der Waals surface area contributed by atoms with Crippen molar-refractivity contribution in [3.63, 3.8) is 0 Å². The standard InChI is InChI=1S/C12H12ClN3S2/c13-10-4-3-8(18-10)5-7-16-12-9(11(14)17)2-1-6-15-12/h1-4,6H,5,7H2,(H2,14,17)(H,15,16). The van der Waals surface area contributed by atoms with Gasteiger partial charge >= 0.3 is 0 Å². The van der Waals surface area contributed by atoms with Crippen molar-refractivity contribution in [3.8, 4) is 0 Å². The van der Waals surface area contributed by atoms with Crippen LogP contribution in [0.4, 0.5) is 5.82 Å². The zero-order chi connectivity index (χ0) is 13.0. The van der Waals surface area contributed by atoms with Crippen molar-refractivity contribution in [2.24, 2.45) is 5.73 Å². The molecule has 0 aliphatic rings. The monoisotopic (exact) mass is 297 g/mol. The molecule has 0 radical (unpaired) electrons. The van der Waals surface area contributed by atoms with E-state index >= 15 is 0 Å². The van der Waals surface area contributed by atoms with E-state index < -0.39 is 0 Å². The number of thiophene rings is 1. The quantitative estimate of drug-likeness (QED) is 0.833. The first-order valence-corrected chi connectivity index (χ1v) is 7.00. The summed E-state index contributed by atoms with van der Waals surface area (Å²) in [6.45, 7) is 0.767. The van der Waals surface area contributed by atoms with Gasteiger partial charge in [0.1, 0.15) is 10.8 Å². The number of anilines is 1. The lowest BCUT2D eigenvalue weighted by molar-refractivity contribution is 1.03. The Morgan fingerprint density at radius 3 is 2.94 bits per heavy atom. The Hall–Kier alpha value is -1.17. The van der Waals surface area contributed by atoms with Gasteiger partial charge in [0.2, 0.25) is 0 Å². The van der Waals surface area contributed by atoms with Gasteiger partial charge in [-0.25, -0.2) is 4.98 Å². The molecule has 0 saturated carbocycles. The van der Waals surface area contributed by atoms with Gasteiger partial charge in [-0.15, -0.1) is 11.3 Å². The normalized spacial score (nSPS) is 10.3. The first kappa shape index (κ1) is 13.3. The van der Waals surface area contributed by atoms with Crippen LogP contribution in [0.1, 0.15) is 10.4 Å². The lowest BCUT2D eigenvalue weighted by Crippen LogP contribution is -2.15. The van der Waals surface area contributed by atoms with Crippen LogP contribution < -0.4 is 11.1 Å². The second kappa shape index (κ2) is 6.13. The summed E-state index contributed by atoms with van der Waals surface area (Å²) in [7, 11) is 0. The molecule has 0 unspecified atom stereocenters. The maximum Gasteiger partial charge on any atom is 0.136 e. The predicted octanol–water partition coefficient (Wildman–Crippen LogP) is 3.09. The topological polar surface area (TPSA) is 50.9 Å². The Kier molecular flexibility index (Phi) is 4.52. The third-order valence-electron chi connectivity index (χ3n) is 2.37. The number of aromatic nitrogens is 1. The molecule has 2 heterocycles. The molecule has 6 heteroatoms. The van der Waals surface area contributed by atoms with Crippen LogP contribution in [0, 0.1) is 0 Å². The molecule has 0 saturated heterocycles. The Balaban J connectivity index is 1.96. The predicted molar refractivity (Wildman–Crippen MR) is 81.6 cm³/mol. The molecule has 3 N–H and O–H groups in total. The molecule has 0 fully saturated rings. The van der Waals surface area contributed by atoms with Gasteiger partial charge in [0, 0.05) is 17.6 Å². The van der Waals surface area contributed by atoms with E-state index in [0.717, 1.165) is 28.7 Å². The van der Waals surface area contributed by atoms with Crippen molar-refractivity contribution in [3.05, 3.63) is 45.2 Å². The fourth-order valence-corrected chi connectivity index (χ4v) is 2.79. The molecule has 0 amide bonds. The molecule has 0 bridgehead atoms. The molecule has 0 atom stereocenters. The van der Waals surface area contributed by atoms with Gasteiger partial charge in [0.05, 0.1) is 9.90 Å². The minimum absolute atomic E-state index is 0.352. The van der Waals surface area contributed by atoms with E-state index in [0.29, 0.717) is 4.99 Å². The van der Waals surface area contributed by atoms with Crippen molar-refractivity contribution in [1.82, 2.24) is 4.98 Å². The maximum atomic E-state index is 5.88. The number of halogens is 1. The summed E-state index contributed by atoms with van der Waals surface area (Å²) in [5, 5.41) is 3.24. The fraction of sp³-hybridized carbons (Fsp3) is 0.167. The molecule has 0 aliphatic carbocycles. The van der Waals surface area contributed by atoms with Crippen LogP contribution in [-0.4, -0.2) is 16.5 Å². The lowest BCUT2D eigenvalue weighted by atomic mass is 10.2. The Bertz CT molecular complexity index is 554. The first-order chi connectivity index (χ1) is 8.66. The zero-order valence-corrected chi connectivity index (χ0v) is 11.9. The minimum Gasteiger partial charge on any atom is -0.389 e. The summed E-state index contributed by atoms with van der Waals surface area (Å²) in [4.78, 5) is 5.82. The average Bonchev–Trinajstić information content (AvgIpc) is 2.75. The summed E-state index contributed by atoms with van der Waals surface area (Å²) in [6, 6.07) is 7.61. The minimum atomic E-state index is 0.352. The van der Waals surface area contributed by atoms with E-state index in [1.54, 1.807) is 17.5 Å². The van der Waals surface area contributed by atoms with Gasteiger partial charge in [-0.05, 0) is 30.7 Å². The van der Waals surface area contributed by atoms with Crippen molar-refractivity contribution >= 4 is 46.0 Å². The van der Waals surface area contributed by atoms with Crippen molar-refractivity contribution in [2.45, 2.75) is 6.42 Å². The number of hydrogen-bond donors (Lipinski definition) is 2. The van der Waals surface area contributed by atoms with E-state index in [-0.39, 0.29) is 0 Å². The largest absolute Gasteiger partial charge is 0.389 e. The van der Waals surface area contributed by atoms with E-state index in [9.17, 15) is 0 Å². The van der Waals surface area contributed by atoms with Crippen LogP contribution >= 0.6 is 35.2 Å². The molecule has 0 spiro atoms. The highest BCUT2D eigenvalue weighted by molar-refractivity contribution is 7.80. The van der Waals surface area contributed by atoms with Crippen LogP contribution in [0.25, 0.3) is 0 Å². The molecule has 0 aromatic carbocycles. The average molecular weight is 298 g/mol. The van der Waals surface area contributed by atoms with Crippen LogP contribution in [0.15, 0.2) is 30.5 Å². The summed E-state index contributed by atoms with van der Waals surface area (Å²) in [5.74, 6) is 0.729. The first-order valence-electron chi connectivity index (χ1n) is 5.39. The van der Waals surface area contributed by atoms with Gasteiger partial charge in [0.25, 0.3) is 0 Å². The van der Waals surface area contributed by atoms with Gasteiger partial charge < -0.3 is 11.1 Å². The van der Waals surface area contributed by atoms with Crippen LogP contribution in [0.5, 0.6) is 0 Å². The summed E-state index contributed by atoms with van der Waals surface area (Å²) in [5.41, 5.74) is 6.41. The smallest absolute Gasteiger partial charge is 0.136 e. The van der Waals surface area contributed by atoms with E-state index in [1.165, 1.54) is 4.88 Å². The number of pyridine rings is 1. The highest BCUT2D eigenvalue weighted by Gasteiger charge is 2.05. The van der Waals surface area contributed by atoms with Crippen LogP contribution in [0.2, 0.25) is 4.34 Å². The second-order valence-electron chi connectivity index (χ2n) is 3.65. The summed E-state index contributed by atoms with van der Waals surface area (Å²) in [6.07, 6.45) is 2.61. The molecule has 0 aliphatic heterocycles. The number of nitrogens with one attached hydrogen (secondary N) is 1. The van der Waals surface area contributed by atoms with Crippen molar-refractivity contribution in [1.29, 1.82) is 0 Å². The Morgan fingerprint density at radius 2 is 2.28 bits per heavy atom. The molecule has 2 aromatic heterocycles. The molecular weight excluding hydrogens is 286 g/mol. The number of thiocarbonyl (C=S) groups is 1. The molecule has 2 rings (SSSR count). The molecule has 18 heavy (non-hydrogen) atoms. The van der Waals surface area contributed by atoms with Crippen molar-refractivity contribution in [2.75, 3.05) is 11.9 Å². The third-order valence-corrected chi connectivity index (χ3v) is 3.88. The molecular formula is C12H12ClN3S2.